The second-order valence-corrected chi connectivity index (χ2v) is 7.55. The van der Waals surface area contributed by atoms with Crippen molar-refractivity contribution in [3.8, 4) is 0 Å². The molecule has 2 heterocycles. The molecule has 2 unspecified atom stereocenters. The topological polar surface area (TPSA) is 56.2 Å². The van der Waals surface area contributed by atoms with E-state index in [4.69, 9.17) is 16.3 Å². The van der Waals surface area contributed by atoms with Crippen LogP contribution in [0.25, 0.3) is 0 Å². The number of halogens is 1. The largest absolute Gasteiger partial charge is 0.379 e. The number of hydrogen-bond donors (Lipinski definition) is 1. The molecular weight excluding hydrogens is 362 g/mol. The van der Waals surface area contributed by atoms with Crippen molar-refractivity contribution < 1.29 is 4.74 Å². The third-order valence-corrected chi connectivity index (χ3v) is 5.77. The van der Waals surface area contributed by atoms with Gasteiger partial charge in [0, 0.05) is 12.6 Å². The molecule has 1 fully saturated rings. The molecule has 1 aromatic heterocycles. The van der Waals surface area contributed by atoms with E-state index in [9.17, 15) is 4.79 Å². The van der Waals surface area contributed by atoms with Gasteiger partial charge in [-0.25, -0.2) is 4.68 Å². The first-order valence-corrected chi connectivity index (χ1v) is 10.2. The molecule has 3 rings (SSSR count). The van der Waals surface area contributed by atoms with E-state index in [2.05, 4.69) is 24.3 Å². The molecule has 0 saturated carbocycles. The van der Waals surface area contributed by atoms with Crippen LogP contribution < -0.4 is 10.9 Å². The van der Waals surface area contributed by atoms with Crippen molar-refractivity contribution >= 4 is 17.3 Å². The molecule has 5 nitrogen and oxygen atoms in total. The van der Waals surface area contributed by atoms with Crippen molar-refractivity contribution in [3.63, 3.8) is 0 Å². The van der Waals surface area contributed by atoms with E-state index in [1.54, 1.807) is 6.20 Å². The summed E-state index contributed by atoms with van der Waals surface area (Å²) in [6.45, 7) is 5.56. The fourth-order valence-corrected chi connectivity index (χ4v) is 3.96. The molecule has 146 valence electrons. The Balaban J connectivity index is 1.70. The highest BCUT2D eigenvalue weighted by atomic mass is 35.5. The lowest BCUT2D eigenvalue weighted by atomic mass is 9.89. The molecule has 0 bridgehead atoms. The Hall–Kier alpha value is -1.85. The fraction of sp³-hybridized carbons (Fsp3) is 0.524. The van der Waals surface area contributed by atoms with Crippen molar-refractivity contribution in [2.75, 3.05) is 11.9 Å². The number of aromatic nitrogens is 2. The zero-order valence-electron chi connectivity index (χ0n) is 16.0. The Bertz CT molecular complexity index is 790. The Morgan fingerprint density at radius 2 is 2.04 bits per heavy atom. The number of anilines is 1. The molecule has 6 heteroatoms. The highest BCUT2D eigenvalue weighted by molar-refractivity contribution is 6.32. The van der Waals surface area contributed by atoms with Gasteiger partial charge in [-0.2, -0.15) is 5.10 Å². The molecule has 1 aliphatic rings. The van der Waals surface area contributed by atoms with Crippen LogP contribution in [0.3, 0.4) is 0 Å². The molecule has 1 N–H and O–H groups in total. The van der Waals surface area contributed by atoms with E-state index in [1.807, 2.05) is 30.3 Å². The molecule has 2 atom stereocenters. The van der Waals surface area contributed by atoms with Crippen LogP contribution in [0.2, 0.25) is 5.02 Å². The van der Waals surface area contributed by atoms with Crippen LogP contribution >= 0.6 is 11.6 Å². The van der Waals surface area contributed by atoms with Gasteiger partial charge in [0.05, 0.1) is 24.5 Å². The molecule has 0 aliphatic carbocycles. The number of nitrogens with one attached hydrogen (secondary N) is 1. The summed E-state index contributed by atoms with van der Waals surface area (Å²) >= 11 is 6.37. The van der Waals surface area contributed by atoms with Gasteiger partial charge in [-0.3, -0.25) is 4.79 Å². The maximum absolute atomic E-state index is 12.6. The van der Waals surface area contributed by atoms with E-state index in [-0.39, 0.29) is 22.7 Å². The predicted octanol–water partition coefficient (Wildman–Crippen LogP) is 4.34. The van der Waals surface area contributed by atoms with Gasteiger partial charge in [-0.15, -0.1) is 0 Å². The maximum Gasteiger partial charge on any atom is 0.287 e. The van der Waals surface area contributed by atoms with Crippen LogP contribution in [0.15, 0.2) is 41.3 Å². The number of ether oxygens (including phenoxy) is 1. The van der Waals surface area contributed by atoms with Crippen molar-refractivity contribution in [1.82, 2.24) is 9.78 Å². The predicted molar refractivity (Wildman–Crippen MR) is 110 cm³/mol. The highest BCUT2D eigenvalue weighted by Gasteiger charge is 2.28. The number of nitrogens with zero attached hydrogens (tertiary/aromatic N) is 2. The fourth-order valence-electron chi connectivity index (χ4n) is 3.76. The van der Waals surface area contributed by atoms with Crippen molar-refractivity contribution in [2.24, 2.45) is 5.92 Å². The first kappa shape index (κ1) is 19.9. The summed E-state index contributed by atoms with van der Waals surface area (Å²) < 4.78 is 7.38. The van der Waals surface area contributed by atoms with Gasteiger partial charge in [0.15, 0.2) is 0 Å². The van der Waals surface area contributed by atoms with Gasteiger partial charge >= 0.3 is 0 Å². The molecule has 2 aromatic rings. The van der Waals surface area contributed by atoms with E-state index >= 15 is 0 Å². The molecule has 0 radical (unpaired) electrons. The standard InChI is InChI=1S/C21H28ClN3O2/c1-3-16(4-2)19-12-17(10-11-27-19)24-18-13-23-25(21(26)20(18)22)14-15-8-6-5-7-9-15/h5-9,13,16-17,19,24H,3-4,10-12,14H2,1-2H3. The quantitative estimate of drug-likeness (QED) is 0.765. The molecule has 1 saturated heterocycles. The third-order valence-electron chi connectivity index (χ3n) is 5.41. The van der Waals surface area contributed by atoms with E-state index in [1.165, 1.54) is 4.68 Å². The minimum atomic E-state index is -0.269. The van der Waals surface area contributed by atoms with Gasteiger partial charge in [-0.1, -0.05) is 68.6 Å². The number of hydrogen-bond acceptors (Lipinski definition) is 4. The molecule has 0 amide bonds. The van der Waals surface area contributed by atoms with Crippen molar-refractivity contribution in [3.05, 3.63) is 57.5 Å². The zero-order chi connectivity index (χ0) is 19.2. The minimum absolute atomic E-state index is 0.200. The SMILES string of the molecule is CCC(CC)C1CC(Nc2cnn(Cc3ccccc3)c(=O)c2Cl)CCO1. The van der Waals surface area contributed by atoms with Crippen LogP contribution in [0, 0.1) is 5.92 Å². The van der Waals surface area contributed by atoms with Crippen LogP contribution in [0.1, 0.15) is 45.1 Å². The van der Waals surface area contributed by atoms with Gasteiger partial charge in [0.25, 0.3) is 5.56 Å². The van der Waals surface area contributed by atoms with Crippen LogP contribution in [0.4, 0.5) is 5.69 Å². The monoisotopic (exact) mass is 389 g/mol. The molecular formula is C21H28ClN3O2. The summed E-state index contributed by atoms with van der Waals surface area (Å²) in [5.41, 5.74) is 1.36. The molecule has 0 spiro atoms. The minimum Gasteiger partial charge on any atom is -0.379 e. The zero-order valence-corrected chi connectivity index (χ0v) is 16.8. The molecule has 27 heavy (non-hydrogen) atoms. The average Bonchev–Trinajstić information content (AvgIpc) is 2.70. The van der Waals surface area contributed by atoms with Gasteiger partial charge in [-0.05, 0) is 24.3 Å². The number of rotatable bonds is 7. The van der Waals surface area contributed by atoms with Gasteiger partial charge in [0.2, 0.25) is 0 Å². The lowest BCUT2D eigenvalue weighted by molar-refractivity contribution is -0.0271. The lowest BCUT2D eigenvalue weighted by Crippen LogP contribution is -2.38. The van der Waals surface area contributed by atoms with Crippen molar-refractivity contribution in [2.45, 2.75) is 58.2 Å². The highest BCUT2D eigenvalue weighted by Crippen LogP contribution is 2.28. The Morgan fingerprint density at radius 1 is 1.30 bits per heavy atom. The summed E-state index contributed by atoms with van der Waals surface area (Å²) in [6, 6.07) is 10.0. The van der Waals surface area contributed by atoms with Gasteiger partial charge in [0.1, 0.15) is 5.02 Å². The first-order chi connectivity index (χ1) is 13.1. The van der Waals surface area contributed by atoms with Crippen LogP contribution in [-0.2, 0) is 11.3 Å². The van der Waals surface area contributed by atoms with E-state index < -0.39 is 0 Å². The Labute approximate surface area is 165 Å². The van der Waals surface area contributed by atoms with E-state index in [0.717, 1.165) is 37.9 Å². The molecule has 1 aliphatic heterocycles. The summed E-state index contributed by atoms with van der Waals surface area (Å²) in [7, 11) is 0. The first-order valence-electron chi connectivity index (χ1n) is 9.80. The van der Waals surface area contributed by atoms with Crippen molar-refractivity contribution in [1.29, 1.82) is 0 Å². The molecule has 1 aromatic carbocycles. The van der Waals surface area contributed by atoms with E-state index in [0.29, 0.717) is 18.2 Å². The summed E-state index contributed by atoms with van der Waals surface area (Å²) in [4.78, 5) is 12.6. The van der Waals surface area contributed by atoms with Gasteiger partial charge < -0.3 is 10.1 Å². The van der Waals surface area contributed by atoms with Crippen LogP contribution in [0.5, 0.6) is 0 Å². The second-order valence-electron chi connectivity index (χ2n) is 7.17. The second kappa shape index (κ2) is 9.38. The Kier molecular flexibility index (Phi) is 6.91. The maximum atomic E-state index is 12.6. The third kappa shape index (κ3) is 4.90. The summed E-state index contributed by atoms with van der Waals surface area (Å²) in [5, 5.41) is 7.94. The smallest absolute Gasteiger partial charge is 0.287 e. The summed E-state index contributed by atoms with van der Waals surface area (Å²) in [6.07, 6.45) is 5.98. The lowest BCUT2D eigenvalue weighted by Gasteiger charge is -2.35. The Morgan fingerprint density at radius 3 is 2.74 bits per heavy atom. The van der Waals surface area contributed by atoms with Crippen LogP contribution in [-0.4, -0.2) is 28.5 Å². The summed E-state index contributed by atoms with van der Waals surface area (Å²) in [5.74, 6) is 0.571. The average molecular weight is 390 g/mol. The normalized spacial score (nSPS) is 20.0. The number of benzene rings is 1.